The molecular formula is C43H82NO5+. The quantitative estimate of drug-likeness (QED) is 0.0179. The van der Waals surface area contributed by atoms with Crippen LogP contribution in [0.5, 0.6) is 0 Å². The Bertz CT molecular complexity index is 777. The third kappa shape index (κ3) is 27.7. The molecular weight excluding hydrogens is 610 g/mol. The molecule has 0 aromatic rings. The number of unbranched alkanes of at least 4 members (excludes halogenated alkanes) is 22. The Hall–Kier alpha value is -1.66. The second-order valence-corrected chi connectivity index (χ2v) is 14.9. The number of carbonyl (C=O) groups is 2. The van der Waals surface area contributed by atoms with E-state index in [0.717, 1.165) is 64.2 Å². The van der Waals surface area contributed by atoms with E-state index in [4.69, 9.17) is 9.47 Å². The fourth-order valence-corrected chi connectivity index (χ4v) is 6.28. The van der Waals surface area contributed by atoms with E-state index in [1.807, 2.05) is 6.92 Å². The Labute approximate surface area is 304 Å². The summed E-state index contributed by atoms with van der Waals surface area (Å²) in [6, 6.07) is -0.631. The average Bonchev–Trinajstić information content (AvgIpc) is 3.07. The van der Waals surface area contributed by atoms with Gasteiger partial charge in [-0.2, -0.15) is 4.65 Å². The number of hydrogen-bond donors (Lipinski definition) is 1. The van der Waals surface area contributed by atoms with E-state index in [-0.39, 0.29) is 31.2 Å². The minimum absolute atomic E-state index is 0.284. The summed E-state index contributed by atoms with van der Waals surface area (Å²) in [4.78, 5) is 25.9. The van der Waals surface area contributed by atoms with E-state index in [2.05, 4.69) is 38.2 Å². The van der Waals surface area contributed by atoms with E-state index in [1.165, 1.54) is 103 Å². The molecule has 0 aromatic carbocycles. The summed E-state index contributed by atoms with van der Waals surface area (Å²) in [5.74, 6) is -2.22. The third-order valence-electron chi connectivity index (χ3n) is 9.94. The third-order valence-corrected chi connectivity index (χ3v) is 9.94. The normalized spacial score (nSPS) is 13.0. The van der Waals surface area contributed by atoms with Crippen LogP contribution in [0.2, 0.25) is 0 Å². The SMILES string of the molecule is CCCCCCCC/C=C\CCCCCCCC(=O)OC(CC)(OC(=O)CCCCCCC/C=C\CCCCCCCC)C(C)[N+](C)(C)O. The molecule has 0 amide bonds. The van der Waals surface area contributed by atoms with Gasteiger partial charge in [0.15, 0.2) is 6.04 Å². The van der Waals surface area contributed by atoms with Crippen molar-refractivity contribution < 1.29 is 28.9 Å². The van der Waals surface area contributed by atoms with E-state index >= 15 is 0 Å². The van der Waals surface area contributed by atoms with Crippen molar-refractivity contribution in [2.45, 2.75) is 226 Å². The van der Waals surface area contributed by atoms with Gasteiger partial charge >= 0.3 is 17.7 Å². The number of hydroxylamine groups is 3. The van der Waals surface area contributed by atoms with Crippen LogP contribution in [-0.2, 0) is 19.1 Å². The number of rotatable bonds is 35. The lowest BCUT2D eigenvalue weighted by atomic mass is 10.0. The summed E-state index contributed by atoms with van der Waals surface area (Å²) < 4.78 is 11.4. The molecule has 0 aromatic heterocycles. The lowest BCUT2D eigenvalue weighted by molar-refractivity contribution is -1.10. The lowest BCUT2D eigenvalue weighted by Gasteiger charge is -2.40. The Balaban J connectivity index is 4.32. The van der Waals surface area contributed by atoms with Gasteiger partial charge in [-0.25, -0.2) is 5.21 Å². The zero-order chi connectivity index (χ0) is 36.5. The number of likely N-dealkylation sites (N-methyl/N-ethyl adjacent to an activating group) is 1. The first-order valence-corrected chi connectivity index (χ1v) is 20.9. The van der Waals surface area contributed by atoms with Gasteiger partial charge in [0.05, 0.1) is 14.1 Å². The summed E-state index contributed by atoms with van der Waals surface area (Å²) in [6.45, 7) is 8.14. The second kappa shape index (κ2) is 32.3. The minimum Gasteiger partial charge on any atom is -0.416 e. The molecule has 0 rings (SSSR count). The maximum atomic E-state index is 13.0. The first kappa shape index (κ1) is 47.3. The summed E-state index contributed by atoms with van der Waals surface area (Å²) in [5, 5.41) is 10.8. The Morgan fingerprint density at radius 2 is 0.816 bits per heavy atom. The molecule has 0 aliphatic heterocycles. The smallest absolute Gasteiger partial charge is 0.310 e. The zero-order valence-electron chi connectivity index (χ0n) is 33.4. The van der Waals surface area contributed by atoms with Crippen LogP contribution in [-0.4, -0.2) is 47.7 Å². The Morgan fingerprint density at radius 3 is 1.10 bits per heavy atom. The van der Waals surface area contributed by atoms with E-state index in [9.17, 15) is 14.8 Å². The number of quaternary nitrogens is 1. The molecule has 0 aliphatic rings. The van der Waals surface area contributed by atoms with Gasteiger partial charge in [-0.15, -0.1) is 0 Å². The van der Waals surface area contributed by atoms with Crippen LogP contribution < -0.4 is 0 Å². The molecule has 6 heteroatoms. The zero-order valence-corrected chi connectivity index (χ0v) is 33.4. The molecule has 0 bridgehead atoms. The highest BCUT2D eigenvalue weighted by Crippen LogP contribution is 2.30. The van der Waals surface area contributed by atoms with Crippen LogP contribution in [0.15, 0.2) is 24.3 Å². The van der Waals surface area contributed by atoms with Crippen LogP contribution in [0.1, 0.15) is 214 Å². The fraction of sp³-hybridized carbons (Fsp3) is 0.860. The predicted octanol–water partition coefficient (Wildman–Crippen LogP) is 13.1. The molecule has 0 spiro atoms. The molecule has 49 heavy (non-hydrogen) atoms. The van der Waals surface area contributed by atoms with Crippen LogP contribution >= 0.6 is 0 Å². The largest absolute Gasteiger partial charge is 0.416 e. The van der Waals surface area contributed by atoms with Crippen molar-refractivity contribution in [3.05, 3.63) is 24.3 Å². The molecule has 1 atom stereocenters. The van der Waals surface area contributed by atoms with Gasteiger partial charge < -0.3 is 9.47 Å². The highest BCUT2D eigenvalue weighted by Gasteiger charge is 2.51. The van der Waals surface area contributed by atoms with Crippen molar-refractivity contribution in [1.82, 2.24) is 0 Å². The molecule has 0 aliphatic carbocycles. The van der Waals surface area contributed by atoms with Gasteiger partial charge in [0.25, 0.3) is 0 Å². The molecule has 0 fully saturated rings. The van der Waals surface area contributed by atoms with Crippen LogP contribution in [0, 0.1) is 0 Å². The number of ether oxygens (including phenoxy) is 2. The number of allylic oxidation sites excluding steroid dienone is 4. The molecule has 0 heterocycles. The van der Waals surface area contributed by atoms with Gasteiger partial charge in [-0.05, 0) is 71.1 Å². The molecule has 0 saturated carbocycles. The lowest BCUT2D eigenvalue weighted by Crippen LogP contribution is -2.61. The van der Waals surface area contributed by atoms with Gasteiger partial charge in [-0.1, -0.05) is 148 Å². The number of carbonyl (C=O) groups excluding carboxylic acids is 2. The molecule has 0 saturated heterocycles. The number of esters is 2. The van der Waals surface area contributed by atoms with Crippen molar-refractivity contribution >= 4 is 11.9 Å². The molecule has 0 radical (unpaired) electrons. The summed E-state index contributed by atoms with van der Waals surface area (Å²) >= 11 is 0. The van der Waals surface area contributed by atoms with Crippen LogP contribution in [0.4, 0.5) is 0 Å². The van der Waals surface area contributed by atoms with Crippen molar-refractivity contribution in [2.24, 2.45) is 0 Å². The molecule has 288 valence electrons. The molecule has 6 nitrogen and oxygen atoms in total. The van der Waals surface area contributed by atoms with E-state index in [1.54, 1.807) is 21.0 Å². The Kier molecular flexibility index (Phi) is 31.2. The van der Waals surface area contributed by atoms with Crippen molar-refractivity contribution in [3.63, 3.8) is 0 Å². The fourth-order valence-electron chi connectivity index (χ4n) is 6.28. The van der Waals surface area contributed by atoms with E-state index < -0.39 is 16.5 Å². The van der Waals surface area contributed by atoms with Crippen LogP contribution in [0.3, 0.4) is 0 Å². The van der Waals surface area contributed by atoms with Gasteiger partial charge in [0.1, 0.15) is 0 Å². The van der Waals surface area contributed by atoms with Gasteiger partial charge in [0, 0.05) is 19.3 Å². The maximum absolute atomic E-state index is 13.0. The van der Waals surface area contributed by atoms with Gasteiger partial charge in [-0.3, -0.25) is 9.59 Å². The topological polar surface area (TPSA) is 72.8 Å². The van der Waals surface area contributed by atoms with Crippen molar-refractivity contribution in [3.8, 4) is 0 Å². The number of hydrogen-bond acceptors (Lipinski definition) is 5. The molecule has 1 N–H and O–H groups in total. The Morgan fingerprint density at radius 1 is 0.531 bits per heavy atom. The molecule has 1 unspecified atom stereocenters. The monoisotopic (exact) mass is 693 g/mol. The standard InChI is InChI=1S/C43H82NO5/c1-7-10-12-14-16-18-20-22-24-26-28-30-32-34-36-38-41(45)48-43(9-3,40(4)44(5,6)47)49-42(46)39-37-35-33-31-29-27-25-23-21-19-17-15-13-11-8-2/h22-25,40,47H,7-21,26-39H2,1-6H3/q+1/b24-22-,25-23-. The van der Waals surface area contributed by atoms with Crippen molar-refractivity contribution in [1.29, 1.82) is 0 Å². The minimum atomic E-state index is -1.49. The average molecular weight is 693 g/mol. The number of nitrogens with zero attached hydrogens (tertiary/aromatic N) is 1. The summed E-state index contributed by atoms with van der Waals surface area (Å²) in [7, 11) is 3.23. The summed E-state index contributed by atoms with van der Waals surface area (Å²) in [5.41, 5.74) is 0. The highest BCUT2D eigenvalue weighted by atomic mass is 16.7. The predicted molar refractivity (Wildman–Crippen MR) is 207 cm³/mol. The maximum Gasteiger partial charge on any atom is 0.310 e. The highest BCUT2D eigenvalue weighted by molar-refractivity contribution is 5.72. The van der Waals surface area contributed by atoms with Crippen LogP contribution in [0.25, 0.3) is 0 Å². The van der Waals surface area contributed by atoms with Crippen molar-refractivity contribution in [2.75, 3.05) is 14.1 Å². The first-order valence-electron chi connectivity index (χ1n) is 20.9. The second-order valence-electron chi connectivity index (χ2n) is 14.9. The van der Waals surface area contributed by atoms with E-state index in [0.29, 0.717) is 0 Å². The summed E-state index contributed by atoms with van der Waals surface area (Å²) in [6.07, 6.45) is 41.4. The first-order chi connectivity index (χ1) is 23.6. The van der Waals surface area contributed by atoms with Gasteiger partial charge in [0.2, 0.25) is 0 Å².